The van der Waals surface area contributed by atoms with Crippen LogP contribution in [-0.2, 0) is 0 Å². The van der Waals surface area contributed by atoms with Crippen LogP contribution in [0.2, 0.25) is 0 Å². The zero-order chi connectivity index (χ0) is 23.5. The van der Waals surface area contributed by atoms with E-state index in [0.29, 0.717) is 23.4 Å². The molecule has 1 aromatic heterocycles. The normalized spacial score (nSPS) is 13.2. The summed E-state index contributed by atoms with van der Waals surface area (Å²) >= 11 is 0. The van der Waals surface area contributed by atoms with Crippen LogP contribution in [0.25, 0.3) is 0 Å². The Kier molecular flexibility index (Phi) is 6.34. The number of hydrogen-bond acceptors (Lipinski definition) is 6. The molecule has 10 heteroatoms. The number of rotatable bonds is 6. The van der Waals surface area contributed by atoms with E-state index in [1.54, 1.807) is 24.3 Å². The lowest BCUT2D eigenvalue weighted by atomic mass is 10.1. The highest BCUT2D eigenvalue weighted by Gasteiger charge is 2.23. The second kappa shape index (κ2) is 9.35. The van der Waals surface area contributed by atoms with Crippen molar-refractivity contribution in [3.05, 3.63) is 65.1 Å². The van der Waals surface area contributed by atoms with Crippen LogP contribution >= 0.6 is 0 Å². The lowest BCUT2D eigenvalue weighted by molar-refractivity contribution is 0.102. The van der Waals surface area contributed by atoms with Gasteiger partial charge in [-0.2, -0.15) is 9.37 Å². The highest BCUT2D eigenvalue weighted by molar-refractivity contribution is 6.04. The minimum absolute atomic E-state index is 0.330. The number of methoxy groups -OCH3 is 1. The summed E-state index contributed by atoms with van der Waals surface area (Å²) in [4.78, 5) is 23.6. The highest BCUT2D eigenvalue weighted by atomic mass is 19.2. The maximum atomic E-state index is 14.3. The molecule has 2 N–H and O–H groups in total. The van der Waals surface area contributed by atoms with Gasteiger partial charge in [0.05, 0.1) is 12.7 Å². The van der Waals surface area contributed by atoms with Gasteiger partial charge in [-0.25, -0.2) is 13.8 Å². The van der Waals surface area contributed by atoms with E-state index in [-0.39, 0.29) is 0 Å². The molecular formula is C23H22F3N5O2. The van der Waals surface area contributed by atoms with Gasteiger partial charge in [-0.1, -0.05) is 0 Å². The van der Waals surface area contributed by atoms with Crippen molar-refractivity contribution in [1.29, 1.82) is 0 Å². The Hall–Kier alpha value is -3.82. The number of nitrogens with zero attached hydrogens (tertiary/aromatic N) is 3. The first-order chi connectivity index (χ1) is 15.9. The number of aryl methyl sites for hydroxylation is 1. The summed E-state index contributed by atoms with van der Waals surface area (Å²) < 4.78 is 46.2. The second-order valence-corrected chi connectivity index (χ2v) is 7.61. The Labute approximate surface area is 188 Å². The van der Waals surface area contributed by atoms with Gasteiger partial charge in [0.15, 0.2) is 17.4 Å². The summed E-state index contributed by atoms with van der Waals surface area (Å²) in [6.07, 6.45) is 2.28. The van der Waals surface area contributed by atoms with Crippen LogP contribution < -0.4 is 20.3 Å². The number of benzene rings is 2. The molecule has 1 fully saturated rings. The lowest BCUT2D eigenvalue weighted by Crippen LogP contribution is -2.19. The fraction of sp³-hybridized carbons (Fsp3) is 0.261. The molecular weight excluding hydrogens is 435 g/mol. The SMILES string of the molecule is COc1c(F)c(F)cc(C(=O)Nc2ccc(Nc3nc(C)cc(N4CCCC4)n3)cc2)c1F. The smallest absolute Gasteiger partial charge is 0.258 e. The maximum Gasteiger partial charge on any atom is 0.258 e. The number of carbonyl (C=O) groups is 1. The first kappa shape index (κ1) is 22.4. The summed E-state index contributed by atoms with van der Waals surface area (Å²) in [5, 5.41) is 5.58. The molecule has 1 aliphatic heterocycles. The Balaban J connectivity index is 1.47. The molecule has 0 bridgehead atoms. The average Bonchev–Trinajstić information content (AvgIpc) is 3.33. The molecule has 1 saturated heterocycles. The fourth-order valence-corrected chi connectivity index (χ4v) is 3.61. The van der Waals surface area contributed by atoms with Crippen LogP contribution in [0.4, 0.5) is 36.3 Å². The molecule has 4 rings (SSSR count). The first-order valence-electron chi connectivity index (χ1n) is 10.4. The Morgan fingerprint density at radius 1 is 1.00 bits per heavy atom. The average molecular weight is 457 g/mol. The van der Waals surface area contributed by atoms with Crippen molar-refractivity contribution in [3.63, 3.8) is 0 Å². The van der Waals surface area contributed by atoms with Gasteiger partial charge < -0.3 is 20.3 Å². The van der Waals surface area contributed by atoms with Crippen molar-refractivity contribution in [3.8, 4) is 5.75 Å². The molecule has 0 radical (unpaired) electrons. The molecule has 7 nitrogen and oxygen atoms in total. The second-order valence-electron chi connectivity index (χ2n) is 7.61. The van der Waals surface area contributed by atoms with Crippen LogP contribution in [-0.4, -0.2) is 36.1 Å². The predicted molar refractivity (Wildman–Crippen MR) is 119 cm³/mol. The van der Waals surface area contributed by atoms with Crippen molar-refractivity contribution in [2.45, 2.75) is 19.8 Å². The minimum atomic E-state index is -1.49. The molecule has 0 atom stereocenters. The van der Waals surface area contributed by atoms with Gasteiger partial charge in [0.2, 0.25) is 11.8 Å². The first-order valence-corrected chi connectivity index (χ1v) is 10.4. The molecule has 3 aromatic rings. The highest BCUT2D eigenvalue weighted by Crippen LogP contribution is 2.28. The van der Waals surface area contributed by atoms with Crippen LogP contribution in [0.5, 0.6) is 5.75 Å². The molecule has 33 heavy (non-hydrogen) atoms. The maximum absolute atomic E-state index is 14.3. The lowest BCUT2D eigenvalue weighted by Gasteiger charge is -2.17. The quantitative estimate of drug-likeness (QED) is 0.518. The van der Waals surface area contributed by atoms with Gasteiger partial charge in [0.25, 0.3) is 5.91 Å². The van der Waals surface area contributed by atoms with E-state index in [4.69, 9.17) is 0 Å². The van der Waals surface area contributed by atoms with Crippen LogP contribution in [0.3, 0.4) is 0 Å². The summed E-state index contributed by atoms with van der Waals surface area (Å²) in [6, 6.07) is 8.95. The van der Waals surface area contributed by atoms with Crippen molar-refractivity contribution < 1.29 is 22.7 Å². The predicted octanol–water partition coefficient (Wildman–Crippen LogP) is 4.81. The zero-order valence-corrected chi connectivity index (χ0v) is 18.1. The number of hydrogen-bond donors (Lipinski definition) is 2. The third-order valence-corrected chi connectivity index (χ3v) is 5.23. The molecule has 0 saturated carbocycles. The number of aromatic nitrogens is 2. The topological polar surface area (TPSA) is 79.4 Å². The summed E-state index contributed by atoms with van der Waals surface area (Å²) in [7, 11) is 0.986. The third-order valence-electron chi connectivity index (χ3n) is 5.23. The van der Waals surface area contributed by atoms with E-state index in [9.17, 15) is 18.0 Å². The molecule has 1 aliphatic rings. The Morgan fingerprint density at radius 2 is 1.67 bits per heavy atom. The van der Waals surface area contributed by atoms with Gasteiger partial charge >= 0.3 is 0 Å². The fourth-order valence-electron chi connectivity index (χ4n) is 3.61. The van der Waals surface area contributed by atoms with Gasteiger partial charge in [0, 0.05) is 36.2 Å². The van der Waals surface area contributed by atoms with Crippen molar-refractivity contribution in [1.82, 2.24) is 9.97 Å². The molecule has 0 aliphatic carbocycles. The van der Waals surface area contributed by atoms with Gasteiger partial charge in [-0.15, -0.1) is 0 Å². The number of halogens is 3. The number of amides is 1. The molecule has 2 heterocycles. The Bertz CT molecular complexity index is 1180. The van der Waals surface area contributed by atoms with Gasteiger partial charge in [0.1, 0.15) is 5.82 Å². The number of nitrogens with one attached hydrogen (secondary N) is 2. The van der Waals surface area contributed by atoms with Crippen LogP contribution in [0.1, 0.15) is 28.9 Å². The van der Waals surface area contributed by atoms with Gasteiger partial charge in [-0.3, -0.25) is 4.79 Å². The number of ether oxygens (including phenoxy) is 1. The van der Waals surface area contributed by atoms with E-state index in [0.717, 1.165) is 44.6 Å². The summed E-state index contributed by atoms with van der Waals surface area (Å²) in [5.74, 6) is -4.73. The van der Waals surface area contributed by atoms with Gasteiger partial charge in [-0.05, 0) is 50.1 Å². The van der Waals surface area contributed by atoms with Crippen LogP contribution in [0, 0.1) is 24.4 Å². The van der Waals surface area contributed by atoms with Crippen molar-refractivity contribution in [2.24, 2.45) is 0 Å². The largest absolute Gasteiger partial charge is 0.491 e. The monoisotopic (exact) mass is 457 g/mol. The van der Waals surface area contributed by atoms with E-state index < -0.39 is 34.7 Å². The van der Waals surface area contributed by atoms with Crippen molar-refractivity contribution >= 4 is 29.0 Å². The van der Waals surface area contributed by atoms with E-state index in [1.807, 2.05) is 13.0 Å². The number of carbonyl (C=O) groups excluding carboxylic acids is 1. The summed E-state index contributed by atoms with van der Waals surface area (Å²) in [5.41, 5.74) is 1.17. The third kappa shape index (κ3) is 4.84. The molecule has 2 aromatic carbocycles. The molecule has 0 spiro atoms. The molecule has 0 unspecified atom stereocenters. The van der Waals surface area contributed by atoms with Crippen molar-refractivity contribution in [2.75, 3.05) is 35.7 Å². The standard InChI is InChI=1S/C23H22F3N5O2/c1-13-11-18(31-9-3-4-10-31)30-23(27-13)29-15-7-5-14(6-8-15)28-22(32)16-12-17(24)20(26)21(33-2)19(16)25/h5-8,11-12H,3-4,9-10H2,1-2H3,(H,28,32)(H,27,29,30). The Morgan fingerprint density at radius 3 is 2.33 bits per heavy atom. The minimum Gasteiger partial charge on any atom is -0.491 e. The molecule has 172 valence electrons. The van der Waals surface area contributed by atoms with E-state index in [1.165, 1.54) is 0 Å². The zero-order valence-electron chi connectivity index (χ0n) is 18.1. The molecule has 1 amide bonds. The van der Waals surface area contributed by atoms with E-state index in [2.05, 4.69) is 30.2 Å². The van der Waals surface area contributed by atoms with Crippen LogP contribution in [0.15, 0.2) is 36.4 Å². The summed E-state index contributed by atoms with van der Waals surface area (Å²) in [6.45, 7) is 3.83. The van der Waals surface area contributed by atoms with E-state index >= 15 is 0 Å². The number of anilines is 4.